The molecule has 0 bridgehead atoms. The molecule has 2 aromatic carbocycles. The molecule has 0 radical (unpaired) electrons. The van der Waals surface area contributed by atoms with E-state index in [1.54, 1.807) is 6.92 Å². The van der Waals surface area contributed by atoms with Crippen LogP contribution in [0.3, 0.4) is 0 Å². The summed E-state index contributed by atoms with van der Waals surface area (Å²) in [7, 11) is 0. The van der Waals surface area contributed by atoms with Crippen LogP contribution in [0.2, 0.25) is 0 Å². The van der Waals surface area contributed by atoms with E-state index in [9.17, 15) is 14.4 Å². The predicted molar refractivity (Wildman–Crippen MR) is 121 cm³/mol. The second-order valence-corrected chi connectivity index (χ2v) is 8.59. The zero-order chi connectivity index (χ0) is 22.9. The summed E-state index contributed by atoms with van der Waals surface area (Å²) >= 11 is 0. The molecule has 3 amide bonds. The Morgan fingerprint density at radius 3 is 2.76 bits per heavy atom. The molecule has 1 aromatic heterocycles. The number of carbonyl (C=O) groups excluding carboxylic acids is 3. The van der Waals surface area contributed by atoms with E-state index in [0.29, 0.717) is 24.3 Å². The van der Waals surface area contributed by atoms with Crippen LogP contribution in [0.5, 0.6) is 5.75 Å². The molecule has 1 atom stereocenters. The smallest absolute Gasteiger partial charge is 0.235 e. The quantitative estimate of drug-likeness (QED) is 0.593. The van der Waals surface area contributed by atoms with Gasteiger partial charge in [0.25, 0.3) is 0 Å². The van der Waals surface area contributed by atoms with E-state index in [-0.39, 0.29) is 24.1 Å². The molecule has 2 saturated heterocycles. The van der Waals surface area contributed by atoms with Crippen LogP contribution >= 0.6 is 0 Å². The Morgan fingerprint density at radius 1 is 1.18 bits per heavy atom. The third kappa shape index (κ3) is 4.28. The molecule has 9 heteroatoms. The lowest BCUT2D eigenvalue weighted by atomic mass is 9.91. The standard InChI is InChI=1S/C24H26N4O5/c1-15(29)28-10-8-27(9-11-28)12-13-32-17-3-4-18-16(14-17)2-6-20-22(18)23(26-33-20)19-5-7-21(30)25-24(19)31/h2-4,6,14,19H,5,7-13H2,1H3,(H,25,30,31)/t19-/m0/s1. The molecule has 0 spiro atoms. The van der Waals surface area contributed by atoms with Gasteiger partial charge in [-0.25, -0.2) is 0 Å². The first-order valence-electron chi connectivity index (χ1n) is 11.3. The Balaban J connectivity index is 1.30. The Hall–Kier alpha value is -3.46. The molecular weight excluding hydrogens is 424 g/mol. The van der Waals surface area contributed by atoms with Crippen molar-refractivity contribution >= 4 is 39.5 Å². The maximum atomic E-state index is 12.4. The van der Waals surface area contributed by atoms with Gasteiger partial charge >= 0.3 is 0 Å². The number of amides is 3. The number of rotatable bonds is 5. The van der Waals surface area contributed by atoms with Crippen molar-refractivity contribution in [3.63, 3.8) is 0 Å². The number of piperazine rings is 1. The van der Waals surface area contributed by atoms with Gasteiger partial charge in [0, 0.05) is 46.1 Å². The van der Waals surface area contributed by atoms with E-state index in [0.717, 1.165) is 54.6 Å². The number of nitrogens with one attached hydrogen (secondary N) is 1. The van der Waals surface area contributed by atoms with Crippen molar-refractivity contribution in [2.75, 3.05) is 39.3 Å². The maximum absolute atomic E-state index is 12.4. The van der Waals surface area contributed by atoms with Crippen molar-refractivity contribution in [3.05, 3.63) is 36.0 Å². The first-order valence-corrected chi connectivity index (χ1v) is 11.3. The number of hydrogen-bond acceptors (Lipinski definition) is 7. The summed E-state index contributed by atoms with van der Waals surface area (Å²) in [6.07, 6.45) is 0.710. The number of piperidine rings is 1. The van der Waals surface area contributed by atoms with Gasteiger partial charge in [-0.3, -0.25) is 24.6 Å². The lowest BCUT2D eigenvalue weighted by Gasteiger charge is -2.34. The summed E-state index contributed by atoms with van der Waals surface area (Å²) in [5, 5.41) is 9.27. The second-order valence-electron chi connectivity index (χ2n) is 8.59. The number of carbonyl (C=O) groups is 3. The van der Waals surface area contributed by atoms with Crippen LogP contribution in [0.25, 0.3) is 21.7 Å². The molecule has 1 N–H and O–H groups in total. The lowest BCUT2D eigenvalue weighted by Crippen LogP contribution is -2.48. The molecule has 5 rings (SSSR count). The average Bonchev–Trinajstić information content (AvgIpc) is 3.23. The summed E-state index contributed by atoms with van der Waals surface area (Å²) in [4.78, 5) is 39.5. The van der Waals surface area contributed by atoms with Crippen LogP contribution in [0.4, 0.5) is 0 Å². The van der Waals surface area contributed by atoms with Crippen LogP contribution in [-0.4, -0.2) is 72.0 Å². The minimum atomic E-state index is -0.506. The van der Waals surface area contributed by atoms with Gasteiger partial charge in [-0.2, -0.15) is 0 Å². The van der Waals surface area contributed by atoms with Crippen molar-refractivity contribution in [1.29, 1.82) is 0 Å². The molecule has 2 aliphatic heterocycles. The largest absolute Gasteiger partial charge is 0.492 e. The molecule has 3 aromatic rings. The highest BCUT2D eigenvalue weighted by Crippen LogP contribution is 2.36. The highest BCUT2D eigenvalue weighted by Gasteiger charge is 2.32. The zero-order valence-corrected chi connectivity index (χ0v) is 18.5. The number of benzene rings is 2. The molecule has 0 unspecified atom stereocenters. The van der Waals surface area contributed by atoms with Gasteiger partial charge in [0.15, 0.2) is 5.58 Å². The molecule has 0 aliphatic carbocycles. The molecule has 172 valence electrons. The molecule has 2 aliphatic rings. The summed E-state index contributed by atoms with van der Waals surface area (Å²) < 4.78 is 11.5. The van der Waals surface area contributed by atoms with Crippen molar-refractivity contribution < 1.29 is 23.6 Å². The topological polar surface area (TPSA) is 105 Å². The van der Waals surface area contributed by atoms with Gasteiger partial charge in [0.1, 0.15) is 18.1 Å². The van der Waals surface area contributed by atoms with E-state index in [1.807, 2.05) is 35.2 Å². The number of hydrogen-bond donors (Lipinski definition) is 1. The third-order valence-corrected chi connectivity index (χ3v) is 6.51. The minimum Gasteiger partial charge on any atom is -0.492 e. The Morgan fingerprint density at radius 2 is 2.00 bits per heavy atom. The van der Waals surface area contributed by atoms with Crippen molar-refractivity contribution in [2.45, 2.75) is 25.7 Å². The molecular formula is C24H26N4O5. The fourth-order valence-corrected chi connectivity index (χ4v) is 4.63. The van der Waals surface area contributed by atoms with Crippen molar-refractivity contribution in [1.82, 2.24) is 20.3 Å². The van der Waals surface area contributed by atoms with E-state index in [2.05, 4.69) is 15.4 Å². The SMILES string of the molecule is CC(=O)N1CCN(CCOc2ccc3c(ccc4onc([C@@H]5CCC(=O)NC5=O)c43)c2)CC1. The van der Waals surface area contributed by atoms with Crippen LogP contribution in [-0.2, 0) is 14.4 Å². The maximum Gasteiger partial charge on any atom is 0.235 e. The predicted octanol–water partition coefficient (Wildman–Crippen LogP) is 2.04. The number of imide groups is 1. The third-order valence-electron chi connectivity index (χ3n) is 6.51. The average molecular weight is 450 g/mol. The van der Waals surface area contributed by atoms with Crippen LogP contribution in [0.1, 0.15) is 31.4 Å². The highest BCUT2D eigenvalue weighted by molar-refractivity contribution is 6.10. The van der Waals surface area contributed by atoms with Gasteiger partial charge < -0.3 is 14.2 Å². The second kappa shape index (κ2) is 8.82. The summed E-state index contributed by atoms with van der Waals surface area (Å²) in [5.41, 5.74) is 1.18. The molecule has 9 nitrogen and oxygen atoms in total. The first kappa shape index (κ1) is 21.4. The Kier molecular flexibility index (Phi) is 5.72. The number of nitrogens with zero attached hydrogens (tertiary/aromatic N) is 3. The number of ether oxygens (including phenoxy) is 1. The number of fused-ring (bicyclic) bond motifs is 3. The monoisotopic (exact) mass is 450 g/mol. The summed E-state index contributed by atoms with van der Waals surface area (Å²) in [6.45, 7) is 6.20. The van der Waals surface area contributed by atoms with Gasteiger partial charge in [0.2, 0.25) is 17.7 Å². The van der Waals surface area contributed by atoms with Crippen LogP contribution < -0.4 is 10.1 Å². The van der Waals surface area contributed by atoms with E-state index < -0.39 is 5.92 Å². The summed E-state index contributed by atoms with van der Waals surface area (Å²) in [6, 6.07) is 9.65. The van der Waals surface area contributed by atoms with Crippen LogP contribution in [0.15, 0.2) is 34.9 Å². The fraction of sp³-hybridized carbons (Fsp3) is 0.417. The van der Waals surface area contributed by atoms with Gasteiger partial charge in [0.05, 0.1) is 11.3 Å². The minimum absolute atomic E-state index is 0.129. The molecule has 3 heterocycles. The normalized spacial score (nSPS) is 19.8. The fourth-order valence-electron chi connectivity index (χ4n) is 4.63. The van der Waals surface area contributed by atoms with Crippen molar-refractivity contribution in [3.8, 4) is 5.75 Å². The Labute approximate surface area is 190 Å². The first-order chi connectivity index (χ1) is 16.0. The number of aromatic nitrogens is 1. The highest BCUT2D eigenvalue weighted by atomic mass is 16.5. The lowest BCUT2D eigenvalue weighted by molar-refractivity contribution is -0.134. The van der Waals surface area contributed by atoms with Crippen LogP contribution in [0, 0.1) is 0 Å². The molecule has 33 heavy (non-hydrogen) atoms. The van der Waals surface area contributed by atoms with E-state index in [1.165, 1.54) is 0 Å². The zero-order valence-electron chi connectivity index (χ0n) is 18.5. The Bertz CT molecular complexity index is 1230. The molecule has 2 fully saturated rings. The molecule has 0 saturated carbocycles. The summed E-state index contributed by atoms with van der Waals surface area (Å²) in [5.74, 6) is -0.194. The van der Waals surface area contributed by atoms with E-state index in [4.69, 9.17) is 9.26 Å². The van der Waals surface area contributed by atoms with Gasteiger partial charge in [-0.15, -0.1) is 0 Å². The van der Waals surface area contributed by atoms with Crippen molar-refractivity contribution in [2.24, 2.45) is 0 Å². The van der Waals surface area contributed by atoms with Gasteiger partial charge in [-0.05, 0) is 41.5 Å². The van der Waals surface area contributed by atoms with Gasteiger partial charge in [-0.1, -0.05) is 11.2 Å². The van der Waals surface area contributed by atoms with E-state index >= 15 is 0 Å².